The van der Waals surface area contributed by atoms with Crippen molar-refractivity contribution in [1.29, 1.82) is 0 Å². The number of hydrogen-bond donors (Lipinski definition) is 2. The summed E-state index contributed by atoms with van der Waals surface area (Å²) in [4.78, 5) is 60.9. The van der Waals surface area contributed by atoms with Gasteiger partial charge in [0.2, 0.25) is 12.2 Å². The van der Waals surface area contributed by atoms with Crippen LogP contribution in [0.5, 0.6) is 5.75 Å². The van der Waals surface area contributed by atoms with Crippen molar-refractivity contribution >= 4 is 29.7 Å². The van der Waals surface area contributed by atoms with Crippen LogP contribution in [0.2, 0.25) is 0 Å². The zero-order chi connectivity index (χ0) is 31.2. The number of hydrogen-bond acceptors (Lipinski definition) is 9. The molecular formula is C31H33NO10. The third-order valence-electron chi connectivity index (χ3n) is 5.69. The van der Waals surface area contributed by atoms with Crippen molar-refractivity contribution in [2.45, 2.75) is 19.1 Å². The Balaban J connectivity index is 0.000000330. The number of methoxy groups -OCH3 is 1. The van der Waals surface area contributed by atoms with Crippen LogP contribution in [0.4, 0.5) is 0 Å². The minimum absolute atomic E-state index is 0.00195. The molecule has 0 fully saturated rings. The number of rotatable bonds is 12. The van der Waals surface area contributed by atoms with Gasteiger partial charge in [0.05, 0.1) is 18.2 Å². The van der Waals surface area contributed by atoms with E-state index in [1.165, 1.54) is 48.5 Å². The van der Waals surface area contributed by atoms with Gasteiger partial charge in [0, 0.05) is 18.0 Å². The molecule has 0 aliphatic carbocycles. The van der Waals surface area contributed by atoms with E-state index in [1.54, 1.807) is 25.3 Å². The van der Waals surface area contributed by atoms with Gasteiger partial charge >= 0.3 is 23.9 Å². The fraction of sp³-hybridized carbons (Fsp3) is 0.258. The standard InChI is InChI=1S/C18H14O8.C13H19NO2/c19-15(20)13(25-17(23)11-7-3-1-4-8-11)14(16(21)22)26-18(24)12-9-5-2-6-10-12;1-10(9-14(2)3)13(15)11-6-5-7-12(8-11)16-4/h1-10,13-14H,(H,19,20)(H,21,22);5-8,10H,9H2,1-4H3/t13-,14-;10-/m10/s1. The van der Waals surface area contributed by atoms with Gasteiger partial charge in [-0.05, 0) is 50.5 Å². The fourth-order valence-electron chi connectivity index (χ4n) is 3.69. The normalized spacial score (nSPS) is 12.5. The average Bonchev–Trinajstić information content (AvgIpc) is 2.98. The molecular weight excluding hydrogens is 546 g/mol. The quantitative estimate of drug-likeness (QED) is 0.238. The Hall–Kier alpha value is -5.03. The summed E-state index contributed by atoms with van der Waals surface area (Å²) >= 11 is 0. The SMILES string of the molecule is COc1cccc(C(=O)[C@@H](C)CN(C)C)c1.O=C(O[C@@H](C(=O)O)[C@@H](OC(=O)c1ccccc1)C(=O)O)c1ccccc1. The van der Waals surface area contributed by atoms with Crippen LogP contribution in [0.1, 0.15) is 38.0 Å². The molecule has 222 valence electrons. The molecule has 0 heterocycles. The Morgan fingerprint density at radius 3 is 1.50 bits per heavy atom. The molecule has 0 aliphatic rings. The zero-order valence-electron chi connectivity index (χ0n) is 23.6. The molecule has 0 unspecified atom stereocenters. The largest absolute Gasteiger partial charge is 0.497 e. The number of Topliss-reactive ketones (excluding diaryl/α,β-unsaturated/α-hetero) is 1. The van der Waals surface area contributed by atoms with Crippen LogP contribution < -0.4 is 4.74 Å². The Morgan fingerprint density at radius 2 is 1.12 bits per heavy atom. The van der Waals surface area contributed by atoms with Crippen molar-refractivity contribution in [3.8, 4) is 5.75 Å². The molecule has 0 aromatic heterocycles. The van der Waals surface area contributed by atoms with Crippen molar-refractivity contribution in [3.05, 3.63) is 102 Å². The van der Waals surface area contributed by atoms with Gasteiger partial charge in [0.15, 0.2) is 5.78 Å². The Kier molecular flexibility index (Phi) is 12.9. The number of carboxylic acids is 2. The maximum atomic E-state index is 12.1. The van der Waals surface area contributed by atoms with Crippen molar-refractivity contribution in [2.24, 2.45) is 5.92 Å². The van der Waals surface area contributed by atoms with Crippen LogP contribution in [-0.4, -0.2) is 84.7 Å². The van der Waals surface area contributed by atoms with Crippen molar-refractivity contribution < 1.29 is 48.4 Å². The van der Waals surface area contributed by atoms with E-state index in [4.69, 9.17) is 14.2 Å². The number of aliphatic carboxylic acids is 2. The lowest BCUT2D eigenvalue weighted by Crippen LogP contribution is -2.45. The molecule has 0 saturated carbocycles. The third-order valence-corrected chi connectivity index (χ3v) is 5.69. The lowest BCUT2D eigenvalue weighted by atomic mass is 9.99. The van der Waals surface area contributed by atoms with Gasteiger partial charge in [0.25, 0.3) is 0 Å². The molecule has 0 bridgehead atoms. The van der Waals surface area contributed by atoms with Crippen LogP contribution in [0.25, 0.3) is 0 Å². The van der Waals surface area contributed by atoms with Crippen LogP contribution >= 0.6 is 0 Å². The molecule has 0 amide bonds. The number of carboxylic acid groups (broad SMARTS) is 2. The summed E-state index contributed by atoms with van der Waals surface area (Å²) in [7, 11) is 5.54. The molecule has 0 spiro atoms. The van der Waals surface area contributed by atoms with Gasteiger partial charge in [-0.3, -0.25) is 4.79 Å². The lowest BCUT2D eigenvalue weighted by Gasteiger charge is -2.21. The van der Waals surface area contributed by atoms with Crippen LogP contribution in [-0.2, 0) is 19.1 Å². The molecule has 3 atom stereocenters. The smallest absolute Gasteiger partial charge is 0.349 e. The van der Waals surface area contributed by atoms with E-state index in [0.717, 1.165) is 12.3 Å². The number of ether oxygens (including phenoxy) is 3. The highest BCUT2D eigenvalue weighted by Gasteiger charge is 2.41. The summed E-state index contributed by atoms with van der Waals surface area (Å²) in [6, 6.07) is 22.1. The maximum Gasteiger partial charge on any atom is 0.349 e. The highest BCUT2D eigenvalue weighted by Crippen LogP contribution is 2.16. The first-order chi connectivity index (χ1) is 19.9. The van der Waals surface area contributed by atoms with E-state index < -0.39 is 36.1 Å². The van der Waals surface area contributed by atoms with E-state index in [-0.39, 0.29) is 22.8 Å². The minimum Gasteiger partial charge on any atom is -0.497 e. The van der Waals surface area contributed by atoms with Crippen LogP contribution in [0.3, 0.4) is 0 Å². The van der Waals surface area contributed by atoms with E-state index in [1.807, 2.05) is 44.1 Å². The minimum atomic E-state index is -2.21. The molecule has 3 aromatic rings. The van der Waals surface area contributed by atoms with Gasteiger partial charge in [-0.25, -0.2) is 19.2 Å². The molecule has 2 N–H and O–H groups in total. The summed E-state index contributed by atoms with van der Waals surface area (Å²) in [5, 5.41) is 18.5. The topological polar surface area (TPSA) is 157 Å². The van der Waals surface area contributed by atoms with Crippen molar-refractivity contribution in [3.63, 3.8) is 0 Å². The Labute approximate surface area is 243 Å². The van der Waals surface area contributed by atoms with Crippen molar-refractivity contribution in [1.82, 2.24) is 4.90 Å². The second-order valence-electron chi connectivity index (χ2n) is 9.32. The monoisotopic (exact) mass is 579 g/mol. The maximum absolute atomic E-state index is 12.1. The van der Waals surface area contributed by atoms with E-state index in [0.29, 0.717) is 5.56 Å². The summed E-state index contributed by atoms with van der Waals surface area (Å²) < 4.78 is 14.6. The third kappa shape index (κ3) is 10.2. The highest BCUT2D eigenvalue weighted by molar-refractivity contribution is 5.98. The first-order valence-corrected chi connectivity index (χ1v) is 12.7. The molecule has 0 aliphatic heterocycles. The molecule has 11 heteroatoms. The summed E-state index contributed by atoms with van der Waals surface area (Å²) in [5.74, 6) is -4.75. The molecule has 11 nitrogen and oxygen atoms in total. The van der Waals surface area contributed by atoms with Gasteiger partial charge in [-0.1, -0.05) is 55.5 Å². The van der Waals surface area contributed by atoms with E-state index >= 15 is 0 Å². The number of nitrogens with zero attached hydrogens (tertiary/aromatic N) is 1. The van der Waals surface area contributed by atoms with Crippen LogP contribution in [0, 0.1) is 5.92 Å². The van der Waals surface area contributed by atoms with Gasteiger partial charge in [-0.15, -0.1) is 0 Å². The van der Waals surface area contributed by atoms with Gasteiger partial charge in [0.1, 0.15) is 5.75 Å². The Morgan fingerprint density at radius 1 is 0.690 bits per heavy atom. The average molecular weight is 580 g/mol. The predicted molar refractivity (Wildman–Crippen MR) is 152 cm³/mol. The number of ketones is 1. The molecule has 3 rings (SSSR count). The highest BCUT2D eigenvalue weighted by atomic mass is 16.6. The van der Waals surface area contributed by atoms with Crippen LogP contribution in [0.15, 0.2) is 84.9 Å². The van der Waals surface area contributed by atoms with E-state index in [2.05, 4.69) is 0 Å². The number of carbonyl (C=O) groups is 5. The molecule has 0 radical (unpaired) electrons. The zero-order valence-corrected chi connectivity index (χ0v) is 23.6. The Bertz CT molecular complexity index is 1290. The van der Waals surface area contributed by atoms with Crippen molar-refractivity contribution in [2.75, 3.05) is 27.7 Å². The number of esters is 2. The molecule has 42 heavy (non-hydrogen) atoms. The first-order valence-electron chi connectivity index (χ1n) is 12.7. The second-order valence-corrected chi connectivity index (χ2v) is 9.32. The number of carbonyl (C=O) groups excluding carboxylic acids is 3. The predicted octanol–water partition coefficient (Wildman–Crippen LogP) is 3.68. The molecule has 3 aromatic carbocycles. The summed E-state index contributed by atoms with van der Waals surface area (Å²) in [6.07, 6.45) is -4.43. The van der Waals surface area contributed by atoms with E-state index in [9.17, 15) is 34.2 Å². The fourth-order valence-corrected chi connectivity index (χ4v) is 3.69. The second kappa shape index (κ2) is 16.3. The first kappa shape index (κ1) is 33.2. The summed E-state index contributed by atoms with van der Waals surface area (Å²) in [6.45, 7) is 2.71. The molecule has 0 saturated heterocycles. The summed E-state index contributed by atoms with van der Waals surface area (Å²) in [5.41, 5.74) is 0.767. The van der Waals surface area contributed by atoms with Gasteiger partial charge < -0.3 is 29.3 Å². The van der Waals surface area contributed by atoms with Gasteiger partial charge in [-0.2, -0.15) is 0 Å². The number of benzene rings is 3. The lowest BCUT2D eigenvalue weighted by molar-refractivity contribution is -0.166.